The second-order valence-corrected chi connectivity index (χ2v) is 6.02. The third kappa shape index (κ3) is 3.52. The molecule has 6 heteroatoms. The monoisotopic (exact) mass is 314 g/mol. The van der Waals surface area contributed by atoms with Crippen molar-refractivity contribution in [2.45, 2.75) is 38.6 Å². The number of fused-ring (bicyclic) bond motifs is 1. The van der Waals surface area contributed by atoms with Crippen molar-refractivity contribution in [3.05, 3.63) is 30.1 Å². The molecule has 1 aliphatic rings. The van der Waals surface area contributed by atoms with Crippen LogP contribution < -0.4 is 5.32 Å². The number of hydrogen-bond donors (Lipinski definition) is 2. The topological polar surface area (TPSA) is 78.1 Å². The average molecular weight is 314 g/mol. The smallest absolute Gasteiger partial charge is 0.253 e. The van der Waals surface area contributed by atoms with Crippen molar-refractivity contribution in [3.63, 3.8) is 0 Å². The first-order valence-corrected chi connectivity index (χ1v) is 8.19. The Kier molecular flexibility index (Phi) is 4.60. The molecule has 0 saturated carbocycles. The maximum Gasteiger partial charge on any atom is 0.253 e. The minimum atomic E-state index is 0.0415. The molecule has 0 bridgehead atoms. The molecule has 0 radical (unpaired) electrons. The highest BCUT2D eigenvalue weighted by Gasteiger charge is 2.24. The molecular weight excluding hydrogens is 292 g/mol. The van der Waals surface area contributed by atoms with Crippen LogP contribution in [0, 0.1) is 0 Å². The van der Waals surface area contributed by atoms with Crippen LogP contribution in [-0.4, -0.2) is 45.8 Å². The summed E-state index contributed by atoms with van der Waals surface area (Å²) in [6.07, 6.45) is 4.69. The Morgan fingerprint density at radius 3 is 2.87 bits per heavy atom. The van der Waals surface area contributed by atoms with E-state index in [0.717, 1.165) is 30.3 Å². The highest BCUT2D eigenvalue weighted by atomic mass is 16.2. The van der Waals surface area contributed by atoms with E-state index < -0.39 is 0 Å². The number of nitrogens with zero attached hydrogens (tertiary/aromatic N) is 2. The van der Waals surface area contributed by atoms with Crippen LogP contribution in [0.5, 0.6) is 0 Å². The number of aromatic nitrogens is 2. The van der Waals surface area contributed by atoms with Gasteiger partial charge in [0.25, 0.3) is 5.91 Å². The highest BCUT2D eigenvalue weighted by Crippen LogP contribution is 2.17. The Hall–Kier alpha value is -2.37. The summed E-state index contributed by atoms with van der Waals surface area (Å²) in [6.45, 7) is 3.35. The first kappa shape index (κ1) is 15.5. The predicted molar refractivity (Wildman–Crippen MR) is 88.1 cm³/mol. The maximum atomic E-state index is 12.6. The molecule has 0 aliphatic carbocycles. The van der Waals surface area contributed by atoms with Crippen LogP contribution in [-0.2, 0) is 4.79 Å². The molecule has 2 aromatic rings. The van der Waals surface area contributed by atoms with Gasteiger partial charge in [-0.2, -0.15) is 0 Å². The zero-order chi connectivity index (χ0) is 16.2. The number of nitrogens with one attached hydrogen (secondary N) is 2. The SMILES string of the molecule is CCCC(=O)NC1CCN(C(=O)c2ccc3nc[nH]c3c2)CC1. The summed E-state index contributed by atoms with van der Waals surface area (Å²) in [5, 5.41) is 3.05. The van der Waals surface area contributed by atoms with Crippen LogP contribution in [0.2, 0.25) is 0 Å². The van der Waals surface area contributed by atoms with Crippen molar-refractivity contribution in [3.8, 4) is 0 Å². The van der Waals surface area contributed by atoms with Crippen molar-refractivity contribution in [1.29, 1.82) is 0 Å². The van der Waals surface area contributed by atoms with Gasteiger partial charge in [-0.25, -0.2) is 4.98 Å². The number of imidazole rings is 1. The summed E-state index contributed by atoms with van der Waals surface area (Å²) in [6, 6.07) is 5.71. The van der Waals surface area contributed by atoms with Crippen LogP contribution in [0.1, 0.15) is 43.0 Å². The zero-order valence-corrected chi connectivity index (χ0v) is 13.3. The fraction of sp³-hybridized carbons (Fsp3) is 0.471. The van der Waals surface area contributed by atoms with Gasteiger partial charge in [0.2, 0.25) is 5.91 Å². The lowest BCUT2D eigenvalue weighted by Gasteiger charge is -2.32. The van der Waals surface area contributed by atoms with E-state index in [4.69, 9.17) is 0 Å². The summed E-state index contributed by atoms with van der Waals surface area (Å²) >= 11 is 0. The summed E-state index contributed by atoms with van der Waals surface area (Å²) in [5.74, 6) is 0.154. The van der Waals surface area contributed by atoms with E-state index in [1.54, 1.807) is 6.33 Å². The van der Waals surface area contributed by atoms with Crippen LogP contribution in [0.25, 0.3) is 11.0 Å². The second-order valence-electron chi connectivity index (χ2n) is 6.02. The second kappa shape index (κ2) is 6.81. The van der Waals surface area contributed by atoms with Crippen molar-refractivity contribution in [2.75, 3.05) is 13.1 Å². The van der Waals surface area contributed by atoms with Gasteiger partial charge in [-0.05, 0) is 37.5 Å². The number of hydrogen-bond acceptors (Lipinski definition) is 3. The first-order chi connectivity index (χ1) is 11.2. The van der Waals surface area contributed by atoms with Gasteiger partial charge in [0.05, 0.1) is 17.4 Å². The molecule has 1 aliphatic heterocycles. The number of benzene rings is 1. The minimum Gasteiger partial charge on any atom is -0.353 e. The maximum absolute atomic E-state index is 12.6. The molecule has 0 unspecified atom stereocenters. The van der Waals surface area contributed by atoms with Crippen molar-refractivity contribution < 1.29 is 9.59 Å². The molecule has 23 heavy (non-hydrogen) atoms. The van der Waals surface area contributed by atoms with Gasteiger partial charge in [0, 0.05) is 31.1 Å². The fourth-order valence-corrected chi connectivity index (χ4v) is 3.01. The Bertz CT molecular complexity index is 701. The summed E-state index contributed by atoms with van der Waals surface area (Å²) in [4.78, 5) is 33.3. The molecule has 0 atom stereocenters. The number of H-pyrrole nitrogens is 1. The van der Waals surface area contributed by atoms with E-state index in [0.29, 0.717) is 25.1 Å². The number of carbonyl (C=O) groups is 2. The summed E-state index contributed by atoms with van der Waals surface area (Å²) < 4.78 is 0. The quantitative estimate of drug-likeness (QED) is 0.907. The molecule has 2 amide bonds. The number of amides is 2. The lowest BCUT2D eigenvalue weighted by molar-refractivity contribution is -0.122. The largest absolute Gasteiger partial charge is 0.353 e. The van der Waals surface area contributed by atoms with Crippen molar-refractivity contribution in [1.82, 2.24) is 20.2 Å². The van der Waals surface area contributed by atoms with Gasteiger partial charge < -0.3 is 15.2 Å². The third-order valence-electron chi connectivity index (χ3n) is 4.29. The highest BCUT2D eigenvalue weighted by molar-refractivity contribution is 5.97. The molecule has 2 heterocycles. The van der Waals surface area contributed by atoms with Gasteiger partial charge >= 0.3 is 0 Å². The molecule has 1 aromatic heterocycles. The van der Waals surface area contributed by atoms with Crippen molar-refractivity contribution in [2.24, 2.45) is 0 Å². The lowest BCUT2D eigenvalue weighted by atomic mass is 10.0. The number of rotatable bonds is 4. The number of aromatic amines is 1. The molecular formula is C17H22N4O2. The Balaban J connectivity index is 1.58. The molecule has 1 saturated heterocycles. The summed E-state index contributed by atoms with van der Waals surface area (Å²) in [7, 11) is 0. The molecule has 2 N–H and O–H groups in total. The molecule has 1 fully saturated rings. The molecule has 6 nitrogen and oxygen atoms in total. The zero-order valence-electron chi connectivity index (χ0n) is 13.3. The average Bonchev–Trinajstić information content (AvgIpc) is 3.02. The molecule has 3 rings (SSSR count). The van der Waals surface area contributed by atoms with E-state index in [1.165, 1.54) is 0 Å². The summed E-state index contributed by atoms with van der Waals surface area (Å²) in [5.41, 5.74) is 2.41. The van der Waals surface area contributed by atoms with E-state index >= 15 is 0 Å². The number of carbonyl (C=O) groups excluding carboxylic acids is 2. The van der Waals surface area contributed by atoms with Gasteiger partial charge in [0.1, 0.15) is 0 Å². The van der Waals surface area contributed by atoms with Crippen LogP contribution >= 0.6 is 0 Å². The van der Waals surface area contributed by atoms with Gasteiger partial charge in [-0.3, -0.25) is 9.59 Å². The van der Waals surface area contributed by atoms with Crippen LogP contribution in [0.3, 0.4) is 0 Å². The van der Waals surface area contributed by atoms with E-state index in [9.17, 15) is 9.59 Å². The van der Waals surface area contributed by atoms with Crippen LogP contribution in [0.15, 0.2) is 24.5 Å². The minimum absolute atomic E-state index is 0.0415. The van der Waals surface area contributed by atoms with Crippen LogP contribution in [0.4, 0.5) is 0 Å². The van der Waals surface area contributed by atoms with E-state index in [2.05, 4.69) is 15.3 Å². The fourth-order valence-electron chi connectivity index (χ4n) is 3.01. The van der Waals surface area contributed by atoms with Gasteiger partial charge in [0.15, 0.2) is 0 Å². The van der Waals surface area contributed by atoms with E-state index in [1.807, 2.05) is 30.0 Å². The number of piperidine rings is 1. The molecule has 1 aromatic carbocycles. The Labute approximate surface area is 135 Å². The standard InChI is InChI=1S/C17H22N4O2/c1-2-3-16(22)20-13-6-8-21(9-7-13)17(23)12-4-5-14-15(10-12)19-11-18-14/h4-5,10-11,13H,2-3,6-9H2,1H3,(H,18,19)(H,20,22). The Morgan fingerprint density at radius 1 is 1.35 bits per heavy atom. The normalized spacial score (nSPS) is 15.8. The third-order valence-corrected chi connectivity index (χ3v) is 4.29. The Morgan fingerprint density at radius 2 is 2.13 bits per heavy atom. The van der Waals surface area contributed by atoms with E-state index in [-0.39, 0.29) is 17.9 Å². The van der Waals surface area contributed by atoms with Crippen molar-refractivity contribution >= 4 is 22.8 Å². The predicted octanol–water partition coefficient (Wildman–Crippen LogP) is 2.08. The van der Waals surface area contributed by atoms with Gasteiger partial charge in [-0.15, -0.1) is 0 Å². The molecule has 122 valence electrons. The lowest BCUT2D eigenvalue weighted by Crippen LogP contribution is -2.46. The molecule has 0 spiro atoms. The van der Waals surface area contributed by atoms with Gasteiger partial charge in [-0.1, -0.05) is 6.92 Å². The number of likely N-dealkylation sites (tertiary alicyclic amines) is 1. The first-order valence-electron chi connectivity index (χ1n) is 8.19.